The molecule has 4 aliphatic rings. The molecule has 2 heteroatoms. The summed E-state index contributed by atoms with van der Waals surface area (Å²) in [5.41, 5.74) is 19.6. The average Bonchev–Trinajstić information content (AvgIpc) is 3.99. The normalized spacial score (nSPS) is 17.9. The number of aromatic nitrogens is 1. The highest BCUT2D eigenvalue weighted by molar-refractivity contribution is 8.00. The number of fused-ring (bicyclic) bond motifs is 10. The topological polar surface area (TPSA) is 4.93 Å². The minimum Gasteiger partial charge on any atom is -0.310 e. The van der Waals surface area contributed by atoms with Crippen LogP contribution in [0.25, 0.3) is 105 Å². The first-order valence-corrected chi connectivity index (χ1v) is 26.5. The predicted octanol–water partition coefficient (Wildman–Crippen LogP) is 19.0. The van der Waals surface area contributed by atoms with Gasteiger partial charge in [-0.25, -0.2) is 0 Å². The maximum absolute atomic E-state index is 2.55. The van der Waals surface area contributed by atoms with Gasteiger partial charge in [-0.15, -0.1) is 11.8 Å². The number of para-hydroxylation sites is 1. The molecule has 0 bridgehead atoms. The Kier molecular flexibility index (Phi) is 9.66. The van der Waals surface area contributed by atoms with Gasteiger partial charge in [-0.3, -0.25) is 0 Å². The van der Waals surface area contributed by atoms with Crippen LogP contribution in [0, 0.1) is 0 Å². The third-order valence-corrected chi connectivity index (χ3v) is 17.5. The maximum atomic E-state index is 2.55. The third-order valence-electron chi connectivity index (χ3n) is 16.1. The van der Waals surface area contributed by atoms with Crippen molar-refractivity contribution in [1.29, 1.82) is 0 Å². The summed E-state index contributed by atoms with van der Waals surface area (Å²) in [7, 11) is 0. The molecular formula is C70H49NS. The second-order valence-electron chi connectivity index (χ2n) is 20.1. The predicted molar refractivity (Wildman–Crippen MR) is 309 cm³/mol. The van der Waals surface area contributed by atoms with E-state index in [0.29, 0.717) is 5.25 Å². The molecule has 0 amide bonds. The lowest BCUT2D eigenvalue weighted by Crippen LogP contribution is -2.09. The van der Waals surface area contributed by atoms with Crippen LogP contribution in [0.2, 0.25) is 0 Å². The van der Waals surface area contributed by atoms with Gasteiger partial charge in [0.25, 0.3) is 0 Å². The van der Waals surface area contributed by atoms with E-state index >= 15 is 0 Å². The molecule has 3 unspecified atom stereocenters. The van der Waals surface area contributed by atoms with E-state index in [-0.39, 0.29) is 11.8 Å². The Morgan fingerprint density at radius 3 is 2.03 bits per heavy atom. The molecule has 2 heterocycles. The zero-order valence-corrected chi connectivity index (χ0v) is 40.6. The van der Waals surface area contributed by atoms with Crippen molar-refractivity contribution in [3.05, 3.63) is 264 Å². The molecule has 3 aliphatic carbocycles. The summed E-state index contributed by atoms with van der Waals surface area (Å²) < 4.78 is 2.50. The second kappa shape index (κ2) is 16.7. The fourth-order valence-corrected chi connectivity index (χ4v) is 14.1. The molecule has 15 rings (SSSR count). The second-order valence-corrected chi connectivity index (χ2v) is 21.3. The number of allylic oxidation sites excluding steroid dienone is 8. The van der Waals surface area contributed by atoms with Gasteiger partial charge in [-0.1, -0.05) is 194 Å². The zero-order valence-electron chi connectivity index (χ0n) is 39.8. The van der Waals surface area contributed by atoms with Crippen LogP contribution in [0.5, 0.6) is 0 Å². The summed E-state index contributed by atoms with van der Waals surface area (Å²) in [6.07, 6.45) is 22.5. The van der Waals surface area contributed by atoms with Crippen molar-refractivity contribution in [2.24, 2.45) is 0 Å². The summed E-state index contributed by atoms with van der Waals surface area (Å²) in [6.45, 7) is 0. The summed E-state index contributed by atoms with van der Waals surface area (Å²) in [5, 5.41) is 10.7. The van der Waals surface area contributed by atoms with Crippen molar-refractivity contribution in [2.75, 3.05) is 0 Å². The molecule has 0 radical (unpaired) electrons. The number of aryl methyl sites for hydroxylation is 1. The lowest BCUT2D eigenvalue weighted by atomic mass is 9.81. The largest absolute Gasteiger partial charge is 0.310 e. The molecule has 1 aliphatic heterocycles. The number of hydrogen-bond donors (Lipinski definition) is 0. The van der Waals surface area contributed by atoms with Crippen molar-refractivity contribution in [1.82, 2.24) is 4.57 Å². The van der Waals surface area contributed by atoms with Crippen LogP contribution in [0.3, 0.4) is 0 Å². The third kappa shape index (κ3) is 6.70. The highest BCUT2D eigenvalue weighted by Gasteiger charge is 2.35. The van der Waals surface area contributed by atoms with Crippen LogP contribution >= 0.6 is 11.8 Å². The van der Waals surface area contributed by atoms with Crippen LogP contribution in [0.4, 0.5) is 0 Å². The first-order valence-electron chi connectivity index (χ1n) is 25.6. The lowest BCUT2D eigenvalue weighted by molar-refractivity contribution is 0.865. The van der Waals surface area contributed by atoms with E-state index in [4.69, 9.17) is 0 Å². The standard InChI is InChI=1S/C70H49NS/c1-2-16-46(17-3-1)68-57-21-8-10-23-59(57)69(60-24-11-9-22-58(60)68)47-30-34-55(35-31-47)71-65-25-13-12-20-56(65)62-41-53(32-36-66(62)71)61-42-54(51-29-27-45-15-5-7-19-49(45)39-51)43-64-63-40-52(33-37-67(63)72-70(61)64)50-28-26-44-14-4-6-18-48(44)38-50/h1-4,6-14,16-30,32-43,47,63,67H,5,15,31H2. The molecule has 1 aromatic heterocycles. The average molecular weight is 936 g/mol. The van der Waals surface area contributed by atoms with Gasteiger partial charge < -0.3 is 4.57 Å². The van der Waals surface area contributed by atoms with Crippen LogP contribution < -0.4 is 0 Å². The lowest BCUT2D eigenvalue weighted by Gasteiger charge is -2.24. The minimum absolute atomic E-state index is 0.239. The van der Waals surface area contributed by atoms with E-state index in [9.17, 15) is 0 Å². The monoisotopic (exact) mass is 935 g/mol. The Morgan fingerprint density at radius 2 is 1.21 bits per heavy atom. The van der Waals surface area contributed by atoms with E-state index in [1.807, 2.05) is 11.8 Å². The van der Waals surface area contributed by atoms with Gasteiger partial charge in [0.2, 0.25) is 0 Å². The molecule has 0 fully saturated rings. The van der Waals surface area contributed by atoms with Gasteiger partial charge >= 0.3 is 0 Å². The molecule has 72 heavy (non-hydrogen) atoms. The molecule has 11 aromatic rings. The Labute approximate surface area is 424 Å². The first kappa shape index (κ1) is 41.6. The van der Waals surface area contributed by atoms with Gasteiger partial charge in [-0.2, -0.15) is 0 Å². The number of nitrogens with zero attached hydrogens (tertiary/aromatic N) is 1. The highest BCUT2D eigenvalue weighted by atomic mass is 32.2. The fraction of sp³-hybridized carbons (Fsp3) is 0.0857. The molecule has 0 saturated carbocycles. The first-order chi connectivity index (χ1) is 35.7. The van der Waals surface area contributed by atoms with Gasteiger partial charge in [0, 0.05) is 38.5 Å². The van der Waals surface area contributed by atoms with Crippen molar-refractivity contribution in [3.8, 4) is 33.4 Å². The summed E-state index contributed by atoms with van der Waals surface area (Å²) in [6, 6.07) is 73.0. The van der Waals surface area contributed by atoms with E-state index in [2.05, 4.69) is 247 Å². The summed E-state index contributed by atoms with van der Waals surface area (Å²) in [5.74, 6) is 0.507. The highest BCUT2D eigenvalue weighted by Crippen LogP contribution is 2.55. The van der Waals surface area contributed by atoms with E-state index in [0.717, 1.165) is 19.3 Å². The van der Waals surface area contributed by atoms with Crippen molar-refractivity contribution < 1.29 is 0 Å². The number of benzene rings is 10. The number of hydrogen-bond acceptors (Lipinski definition) is 1. The van der Waals surface area contributed by atoms with Gasteiger partial charge in [0.1, 0.15) is 0 Å². The van der Waals surface area contributed by atoms with Crippen LogP contribution in [0.1, 0.15) is 52.5 Å². The molecule has 0 spiro atoms. The van der Waals surface area contributed by atoms with Crippen LogP contribution in [-0.2, 0) is 6.42 Å². The SMILES string of the molecule is C1=Cc2cc(-c3cc(-c4ccc5c(c4)c4ccccc4n5C4=CCC(c5c6ccccc6c(-c6ccccc6)c6ccccc56)C=C4)c4c(c3)C3C=C(c5ccc6ccccc6c5)C=CC3S4)ccc2CC1. The number of rotatable bonds is 6. The molecule has 0 N–H and O–H groups in total. The quantitative estimate of drug-likeness (QED) is 0.150. The van der Waals surface area contributed by atoms with Crippen molar-refractivity contribution in [2.45, 2.75) is 41.2 Å². The van der Waals surface area contributed by atoms with Gasteiger partial charge in [0.05, 0.1) is 11.0 Å². The van der Waals surface area contributed by atoms with Crippen LogP contribution in [0.15, 0.2) is 242 Å². The zero-order chi connectivity index (χ0) is 47.3. The Hall–Kier alpha value is -8.17. The fourth-order valence-electron chi connectivity index (χ4n) is 12.6. The molecule has 10 aromatic carbocycles. The van der Waals surface area contributed by atoms with Gasteiger partial charge in [0.15, 0.2) is 0 Å². The van der Waals surface area contributed by atoms with E-state index < -0.39 is 0 Å². The molecular weight excluding hydrogens is 887 g/mol. The number of thioether (sulfide) groups is 1. The molecule has 1 nitrogen and oxygen atoms in total. The summed E-state index contributed by atoms with van der Waals surface area (Å²) in [4.78, 5) is 1.40. The minimum atomic E-state index is 0.239. The van der Waals surface area contributed by atoms with E-state index in [1.165, 1.54) is 131 Å². The molecule has 340 valence electrons. The maximum Gasteiger partial charge on any atom is 0.0541 e. The van der Waals surface area contributed by atoms with Crippen molar-refractivity contribution >= 4 is 83.2 Å². The van der Waals surface area contributed by atoms with E-state index in [1.54, 1.807) is 0 Å². The Bertz CT molecular complexity index is 4170. The smallest absolute Gasteiger partial charge is 0.0541 e. The van der Waals surface area contributed by atoms with Gasteiger partial charge in [-0.05, 0) is 167 Å². The van der Waals surface area contributed by atoms with Crippen LogP contribution in [-0.4, -0.2) is 9.82 Å². The Balaban J connectivity index is 0.841. The molecule has 0 saturated heterocycles. The van der Waals surface area contributed by atoms with Crippen molar-refractivity contribution in [3.63, 3.8) is 0 Å². The summed E-state index contributed by atoms with van der Waals surface area (Å²) >= 11 is 2.04. The Morgan fingerprint density at radius 1 is 0.486 bits per heavy atom. The molecule has 3 atom stereocenters.